The van der Waals surface area contributed by atoms with E-state index < -0.39 is 5.67 Å². The molecule has 2 aromatic carbocycles. The van der Waals surface area contributed by atoms with Crippen LogP contribution in [0.3, 0.4) is 0 Å². The van der Waals surface area contributed by atoms with E-state index in [0.29, 0.717) is 29.8 Å². The normalized spacial score (nSPS) is 24.3. The van der Waals surface area contributed by atoms with Crippen molar-refractivity contribution in [2.24, 2.45) is 0 Å². The van der Waals surface area contributed by atoms with Gasteiger partial charge in [0.1, 0.15) is 17.5 Å². The summed E-state index contributed by atoms with van der Waals surface area (Å²) in [5.41, 5.74) is 1.28. The fraction of sp³-hybridized carbons (Fsp3) is 0.440. The predicted molar refractivity (Wildman–Crippen MR) is 121 cm³/mol. The Bertz CT molecular complexity index is 989. The quantitative estimate of drug-likeness (QED) is 0.646. The van der Waals surface area contributed by atoms with Crippen molar-refractivity contribution < 1.29 is 18.7 Å². The maximum atomic E-state index is 14.8. The first kappa shape index (κ1) is 22.3. The highest BCUT2D eigenvalue weighted by Gasteiger charge is 2.37. The van der Waals surface area contributed by atoms with Gasteiger partial charge < -0.3 is 20.7 Å². The second kappa shape index (κ2) is 9.28. The Labute approximate surface area is 187 Å². The zero-order valence-electron chi connectivity index (χ0n) is 18.5. The first-order valence-electron chi connectivity index (χ1n) is 11.2. The number of hydrogen-bond acceptors (Lipinski definition) is 4. The van der Waals surface area contributed by atoms with Crippen LogP contribution in [0, 0.1) is 0 Å². The first-order chi connectivity index (χ1) is 15.4. The van der Waals surface area contributed by atoms with Crippen LogP contribution in [0.1, 0.15) is 63.9 Å². The lowest BCUT2D eigenvalue weighted by Crippen LogP contribution is -2.44. The molecule has 2 aliphatic heterocycles. The molecule has 0 bridgehead atoms. The Morgan fingerprint density at radius 1 is 1.22 bits per heavy atom. The third-order valence-electron chi connectivity index (χ3n) is 6.40. The van der Waals surface area contributed by atoms with Gasteiger partial charge in [-0.05, 0) is 44.0 Å². The summed E-state index contributed by atoms with van der Waals surface area (Å²) in [4.78, 5) is 25.5. The Hall–Kier alpha value is -2.93. The summed E-state index contributed by atoms with van der Waals surface area (Å²) in [6, 6.07) is 13.3. The molecule has 2 unspecified atom stereocenters. The molecule has 0 radical (unpaired) electrons. The Kier molecular flexibility index (Phi) is 6.46. The highest BCUT2D eigenvalue weighted by Crippen LogP contribution is 2.44. The van der Waals surface area contributed by atoms with Crippen molar-refractivity contribution in [2.45, 2.75) is 43.9 Å². The molecule has 32 heavy (non-hydrogen) atoms. The van der Waals surface area contributed by atoms with E-state index in [4.69, 9.17) is 4.74 Å². The highest BCUT2D eigenvalue weighted by atomic mass is 19.1. The molecule has 1 fully saturated rings. The summed E-state index contributed by atoms with van der Waals surface area (Å²) in [5.74, 6) is -0.215. The summed E-state index contributed by atoms with van der Waals surface area (Å²) < 4.78 is 20.9. The lowest BCUT2D eigenvalue weighted by Gasteiger charge is -2.30. The molecule has 6 nitrogen and oxygen atoms in total. The van der Waals surface area contributed by atoms with Gasteiger partial charge in [-0.15, -0.1) is 0 Å². The minimum absolute atomic E-state index is 0.0928. The molecule has 2 aliphatic rings. The molecule has 2 aromatic rings. The molecule has 3 N–H and O–H groups in total. The van der Waals surface area contributed by atoms with Crippen LogP contribution in [0.4, 0.5) is 4.39 Å². The standard InChI is InChI=1S/C25H30FN3O3/c1-16-21(17-7-4-3-5-8-17)19-13-18(14-20(22(19)32-16)24(31)27-2)23(30)29-12-10-25(26)9-6-11-28-15-25/h3-5,7-8,13-14,16,21,28H,6,9-12,15H2,1-2H3,(H,27,31)(H,29,30)/t16?,21?,25-/m1/s1. The molecule has 7 heteroatoms. The van der Waals surface area contributed by atoms with E-state index in [0.717, 1.165) is 24.1 Å². The largest absolute Gasteiger partial charge is 0.489 e. The van der Waals surface area contributed by atoms with Gasteiger partial charge in [0.05, 0.1) is 5.56 Å². The van der Waals surface area contributed by atoms with Gasteiger partial charge >= 0.3 is 0 Å². The fourth-order valence-electron chi connectivity index (χ4n) is 4.71. The fourth-order valence-corrected chi connectivity index (χ4v) is 4.71. The number of piperidine rings is 1. The summed E-state index contributed by atoms with van der Waals surface area (Å²) in [5, 5.41) is 8.54. The van der Waals surface area contributed by atoms with Crippen molar-refractivity contribution >= 4 is 11.8 Å². The molecule has 0 spiro atoms. The molecule has 0 saturated carbocycles. The second-order valence-corrected chi connectivity index (χ2v) is 8.67. The topological polar surface area (TPSA) is 79.5 Å². The maximum Gasteiger partial charge on any atom is 0.254 e. The molecule has 0 aromatic heterocycles. The van der Waals surface area contributed by atoms with E-state index >= 15 is 0 Å². The SMILES string of the molecule is CNC(=O)c1cc(C(=O)NCC[C@]2(F)CCCNC2)cc2c1OC(C)C2c1ccccc1. The Morgan fingerprint density at radius 2 is 2.00 bits per heavy atom. The van der Waals surface area contributed by atoms with Crippen molar-refractivity contribution in [3.63, 3.8) is 0 Å². The number of nitrogens with one attached hydrogen (secondary N) is 3. The van der Waals surface area contributed by atoms with Gasteiger partial charge in [0.25, 0.3) is 11.8 Å². The summed E-state index contributed by atoms with van der Waals surface area (Å²) in [6.45, 7) is 3.34. The number of hydrogen-bond donors (Lipinski definition) is 3. The average Bonchev–Trinajstić information content (AvgIpc) is 3.14. The van der Waals surface area contributed by atoms with Crippen LogP contribution in [0.25, 0.3) is 0 Å². The van der Waals surface area contributed by atoms with Crippen molar-refractivity contribution in [1.82, 2.24) is 16.0 Å². The van der Waals surface area contributed by atoms with Crippen LogP contribution in [0.2, 0.25) is 0 Å². The van der Waals surface area contributed by atoms with Gasteiger partial charge in [-0.3, -0.25) is 9.59 Å². The van der Waals surface area contributed by atoms with Crippen molar-refractivity contribution in [2.75, 3.05) is 26.7 Å². The van der Waals surface area contributed by atoms with E-state index in [9.17, 15) is 14.0 Å². The second-order valence-electron chi connectivity index (χ2n) is 8.67. The van der Waals surface area contributed by atoms with E-state index in [1.54, 1.807) is 19.2 Å². The van der Waals surface area contributed by atoms with Crippen LogP contribution in [0.15, 0.2) is 42.5 Å². The lowest BCUT2D eigenvalue weighted by molar-refractivity contribution is 0.0907. The van der Waals surface area contributed by atoms with Crippen LogP contribution >= 0.6 is 0 Å². The van der Waals surface area contributed by atoms with Crippen LogP contribution < -0.4 is 20.7 Å². The summed E-state index contributed by atoms with van der Waals surface area (Å²) >= 11 is 0. The molecule has 1 saturated heterocycles. The number of benzene rings is 2. The summed E-state index contributed by atoms with van der Waals surface area (Å²) in [7, 11) is 1.55. The third kappa shape index (κ3) is 4.48. The number of rotatable bonds is 6. The molecule has 0 aliphatic carbocycles. The molecule has 3 atom stereocenters. The van der Waals surface area contributed by atoms with Gasteiger partial charge in [-0.2, -0.15) is 0 Å². The number of amides is 2. The first-order valence-corrected chi connectivity index (χ1v) is 11.2. The van der Waals surface area contributed by atoms with Gasteiger partial charge in [0.2, 0.25) is 0 Å². The van der Waals surface area contributed by atoms with Crippen molar-refractivity contribution in [1.29, 1.82) is 0 Å². The smallest absolute Gasteiger partial charge is 0.254 e. The number of carbonyl (C=O) groups is 2. The molecule has 4 rings (SSSR count). The van der Waals surface area contributed by atoms with Gasteiger partial charge in [-0.25, -0.2) is 4.39 Å². The minimum Gasteiger partial charge on any atom is -0.489 e. The number of halogens is 1. The monoisotopic (exact) mass is 439 g/mol. The van der Waals surface area contributed by atoms with E-state index in [1.807, 2.05) is 37.3 Å². The Balaban J connectivity index is 1.59. The van der Waals surface area contributed by atoms with Gasteiger partial charge in [0.15, 0.2) is 0 Å². The van der Waals surface area contributed by atoms with Crippen LogP contribution in [-0.2, 0) is 0 Å². The Morgan fingerprint density at radius 3 is 2.69 bits per heavy atom. The zero-order chi connectivity index (χ0) is 22.7. The number of fused-ring (bicyclic) bond motifs is 1. The maximum absolute atomic E-state index is 14.8. The van der Waals surface area contributed by atoms with Gasteiger partial charge in [0, 0.05) is 43.6 Å². The molecular formula is C25H30FN3O3. The number of ether oxygens (including phenoxy) is 1. The number of alkyl halides is 1. The van der Waals surface area contributed by atoms with Crippen LogP contribution in [0.5, 0.6) is 5.75 Å². The zero-order valence-corrected chi connectivity index (χ0v) is 18.5. The van der Waals surface area contributed by atoms with Crippen LogP contribution in [-0.4, -0.2) is 50.3 Å². The van der Waals surface area contributed by atoms with Crippen molar-refractivity contribution in [3.8, 4) is 5.75 Å². The van der Waals surface area contributed by atoms with E-state index in [2.05, 4.69) is 16.0 Å². The lowest BCUT2D eigenvalue weighted by atomic mass is 9.87. The summed E-state index contributed by atoms with van der Waals surface area (Å²) in [6.07, 6.45) is 1.37. The van der Waals surface area contributed by atoms with Crippen molar-refractivity contribution in [3.05, 3.63) is 64.7 Å². The average molecular weight is 440 g/mol. The number of carbonyl (C=O) groups excluding carboxylic acids is 2. The minimum atomic E-state index is -1.29. The molecule has 2 amide bonds. The molecule has 170 valence electrons. The highest BCUT2D eigenvalue weighted by molar-refractivity contribution is 6.02. The third-order valence-corrected chi connectivity index (χ3v) is 6.40. The van der Waals surface area contributed by atoms with E-state index in [-0.39, 0.29) is 36.8 Å². The molecule has 2 heterocycles. The van der Waals surface area contributed by atoms with E-state index in [1.165, 1.54) is 0 Å². The van der Waals surface area contributed by atoms with Gasteiger partial charge in [-0.1, -0.05) is 30.3 Å². The molecular weight excluding hydrogens is 409 g/mol. The predicted octanol–water partition coefficient (Wildman–Crippen LogP) is 3.17.